The number of carbonyl (C=O) groups excluding carboxylic acids is 2. The van der Waals surface area contributed by atoms with Crippen LogP contribution in [0.1, 0.15) is 31.2 Å². The van der Waals surface area contributed by atoms with Gasteiger partial charge in [0.05, 0.1) is 12.3 Å². The van der Waals surface area contributed by atoms with Gasteiger partial charge in [0.25, 0.3) is 0 Å². The Morgan fingerprint density at radius 3 is 2.43 bits per heavy atom. The van der Waals surface area contributed by atoms with Crippen LogP contribution < -0.4 is 16.7 Å². The zero-order valence-electron chi connectivity index (χ0n) is 21.2. The first-order chi connectivity index (χ1) is 17.9. The van der Waals surface area contributed by atoms with Gasteiger partial charge in [-0.15, -0.1) is 0 Å². The van der Waals surface area contributed by atoms with Gasteiger partial charge in [-0.05, 0) is 62.5 Å². The van der Waals surface area contributed by atoms with Crippen molar-refractivity contribution in [1.29, 1.82) is 0 Å². The van der Waals surface area contributed by atoms with E-state index in [-0.39, 0.29) is 30.8 Å². The lowest BCUT2D eigenvalue weighted by Crippen LogP contribution is -2.51. The minimum Gasteiger partial charge on any atom is -0.396 e. The summed E-state index contributed by atoms with van der Waals surface area (Å²) in [5.74, 6) is 0.0577. The van der Waals surface area contributed by atoms with E-state index < -0.39 is 5.69 Å². The summed E-state index contributed by atoms with van der Waals surface area (Å²) in [5, 5.41) is 11.6. The molecule has 4 rings (SSSR count). The van der Waals surface area contributed by atoms with Crippen molar-refractivity contribution >= 4 is 17.8 Å². The van der Waals surface area contributed by atoms with E-state index in [2.05, 4.69) is 15.2 Å². The zero-order valence-corrected chi connectivity index (χ0v) is 21.2. The normalized spacial score (nSPS) is 18.9. The first-order valence-electron chi connectivity index (χ1n) is 13.0. The molecule has 1 unspecified atom stereocenters. The highest BCUT2D eigenvalue weighted by atomic mass is 16.3. The Morgan fingerprint density at radius 1 is 1.00 bits per heavy atom. The Bertz CT molecular complexity index is 1110. The minimum absolute atomic E-state index is 0.0866. The van der Waals surface area contributed by atoms with Crippen LogP contribution >= 0.6 is 0 Å². The van der Waals surface area contributed by atoms with Crippen molar-refractivity contribution in [3.63, 3.8) is 0 Å². The minimum atomic E-state index is -0.481. The highest BCUT2D eigenvalue weighted by molar-refractivity contribution is 5.88. The summed E-state index contributed by atoms with van der Waals surface area (Å²) in [6, 6.07) is 9.44. The summed E-state index contributed by atoms with van der Waals surface area (Å²) in [7, 11) is 0. The second kappa shape index (κ2) is 12.8. The van der Waals surface area contributed by atoms with Crippen molar-refractivity contribution in [1.82, 2.24) is 24.3 Å². The fourth-order valence-electron chi connectivity index (χ4n) is 4.79. The molecule has 37 heavy (non-hydrogen) atoms. The average molecular weight is 512 g/mol. The van der Waals surface area contributed by atoms with Gasteiger partial charge < -0.3 is 25.5 Å². The molecule has 2 aromatic rings. The number of nitrogens with one attached hydrogen (secondary N) is 1. The number of nitrogens with zero attached hydrogens (tertiary/aromatic N) is 5. The molecule has 0 saturated carbocycles. The molecular weight excluding hydrogens is 474 g/mol. The fourth-order valence-corrected chi connectivity index (χ4v) is 4.79. The van der Waals surface area contributed by atoms with E-state index in [1.165, 1.54) is 10.1 Å². The summed E-state index contributed by atoms with van der Waals surface area (Å²) in [6.45, 7) is 4.51. The molecule has 2 aliphatic heterocycles. The third kappa shape index (κ3) is 7.37. The number of piperazine rings is 1. The predicted octanol–water partition coefficient (Wildman–Crippen LogP) is 0.647. The molecule has 1 aromatic carbocycles. The lowest BCUT2D eigenvalue weighted by molar-refractivity contribution is -0.133. The number of benzene rings is 1. The van der Waals surface area contributed by atoms with Gasteiger partial charge in [0.2, 0.25) is 5.91 Å². The number of carbonyl (C=O) groups is 2. The van der Waals surface area contributed by atoms with Gasteiger partial charge in [-0.3, -0.25) is 14.7 Å². The lowest BCUT2D eigenvalue weighted by atomic mass is 10.1. The third-order valence-corrected chi connectivity index (χ3v) is 7.08. The molecule has 2 aliphatic rings. The van der Waals surface area contributed by atoms with Gasteiger partial charge in [0.1, 0.15) is 5.82 Å². The largest absolute Gasteiger partial charge is 0.396 e. The second-order valence-electron chi connectivity index (χ2n) is 9.69. The molecule has 0 aliphatic carbocycles. The molecule has 2 fully saturated rings. The zero-order chi connectivity index (χ0) is 26.2. The molecule has 0 radical (unpaired) electrons. The van der Waals surface area contributed by atoms with E-state index in [1.807, 2.05) is 24.3 Å². The molecule has 3 heterocycles. The van der Waals surface area contributed by atoms with Crippen LogP contribution in [0.5, 0.6) is 0 Å². The van der Waals surface area contributed by atoms with Crippen molar-refractivity contribution < 1.29 is 14.7 Å². The molecule has 1 atom stereocenters. The summed E-state index contributed by atoms with van der Waals surface area (Å²) < 4.78 is 1.45. The quantitative estimate of drug-likeness (QED) is 0.496. The number of aromatic nitrogens is 2. The second-order valence-corrected chi connectivity index (χ2v) is 9.69. The molecule has 4 N–H and O–H groups in total. The van der Waals surface area contributed by atoms with Crippen LogP contribution in [0, 0.1) is 0 Å². The molecule has 3 amide bonds. The number of aliphatic hydroxyl groups is 1. The third-order valence-electron chi connectivity index (χ3n) is 7.08. The number of anilines is 1. The Kier molecular flexibility index (Phi) is 9.26. The number of hydrogen-bond donors (Lipinski definition) is 3. The molecule has 11 nitrogen and oxygen atoms in total. The maximum Gasteiger partial charge on any atom is 0.354 e. The summed E-state index contributed by atoms with van der Waals surface area (Å²) in [4.78, 5) is 46.9. The monoisotopic (exact) mass is 511 g/mol. The van der Waals surface area contributed by atoms with E-state index >= 15 is 0 Å². The number of amides is 3. The van der Waals surface area contributed by atoms with Gasteiger partial charge in [0.15, 0.2) is 0 Å². The Hall–Kier alpha value is -3.28. The number of rotatable bonds is 7. The van der Waals surface area contributed by atoms with Gasteiger partial charge in [-0.25, -0.2) is 9.59 Å². The highest BCUT2D eigenvalue weighted by Crippen LogP contribution is 2.13. The van der Waals surface area contributed by atoms with E-state index in [0.717, 1.165) is 45.3 Å². The number of hydrogen-bond acceptors (Lipinski definition) is 7. The first kappa shape index (κ1) is 26.8. The summed E-state index contributed by atoms with van der Waals surface area (Å²) in [6.07, 6.45) is 5.93. The molecule has 2 saturated heterocycles. The number of aliphatic hydroxyl groups excluding tert-OH is 1. The summed E-state index contributed by atoms with van der Waals surface area (Å²) >= 11 is 0. The van der Waals surface area contributed by atoms with Crippen LogP contribution in [0.2, 0.25) is 0 Å². The van der Waals surface area contributed by atoms with E-state index in [4.69, 9.17) is 10.8 Å². The topological polar surface area (TPSA) is 137 Å². The molecule has 11 heteroatoms. The van der Waals surface area contributed by atoms with Crippen molar-refractivity contribution in [3.05, 3.63) is 52.6 Å². The van der Waals surface area contributed by atoms with E-state index in [9.17, 15) is 14.4 Å². The fraction of sp³-hybridized carbons (Fsp3) is 0.538. The predicted molar refractivity (Wildman–Crippen MR) is 141 cm³/mol. The van der Waals surface area contributed by atoms with Crippen LogP contribution in [-0.4, -0.2) is 99.8 Å². The molecule has 200 valence electrons. The van der Waals surface area contributed by atoms with Gasteiger partial charge in [0, 0.05) is 51.4 Å². The first-order valence-corrected chi connectivity index (χ1v) is 13.0. The van der Waals surface area contributed by atoms with Crippen molar-refractivity contribution in [2.75, 3.05) is 57.7 Å². The molecular formula is C26H37N7O4. The Balaban J connectivity index is 1.29. The van der Waals surface area contributed by atoms with Crippen molar-refractivity contribution in [2.24, 2.45) is 5.73 Å². The molecule has 1 aromatic heterocycles. The SMILES string of the molecule is NC1CCCN(CCc2ccc(-n3ccc(NC(=O)N4CCN(C(=O)CCO)CC4)nc3=O)cc2)CC1. The van der Waals surface area contributed by atoms with Crippen LogP contribution in [0.25, 0.3) is 5.69 Å². The number of urea groups is 1. The number of nitrogens with two attached hydrogens (primary N) is 1. The molecule has 0 bridgehead atoms. The van der Waals surface area contributed by atoms with E-state index in [0.29, 0.717) is 37.9 Å². The highest BCUT2D eigenvalue weighted by Gasteiger charge is 2.24. The average Bonchev–Trinajstić information content (AvgIpc) is 3.12. The van der Waals surface area contributed by atoms with Crippen LogP contribution in [0.15, 0.2) is 41.3 Å². The van der Waals surface area contributed by atoms with Crippen LogP contribution in [0.4, 0.5) is 10.6 Å². The Morgan fingerprint density at radius 2 is 1.73 bits per heavy atom. The van der Waals surface area contributed by atoms with Gasteiger partial charge >= 0.3 is 11.7 Å². The number of likely N-dealkylation sites (tertiary alicyclic amines) is 1. The smallest absolute Gasteiger partial charge is 0.354 e. The maximum atomic E-state index is 12.7. The van der Waals surface area contributed by atoms with Gasteiger partial charge in [-0.2, -0.15) is 4.98 Å². The van der Waals surface area contributed by atoms with Crippen molar-refractivity contribution in [2.45, 2.75) is 38.1 Å². The summed E-state index contributed by atoms with van der Waals surface area (Å²) in [5.41, 5.74) is 7.52. The lowest BCUT2D eigenvalue weighted by Gasteiger charge is -2.34. The maximum absolute atomic E-state index is 12.7. The van der Waals surface area contributed by atoms with Gasteiger partial charge in [-0.1, -0.05) is 12.1 Å². The van der Waals surface area contributed by atoms with Crippen molar-refractivity contribution in [3.8, 4) is 5.69 Å². The van der Waals surface area contributed by atoms with E-state index in [1.54, 1.807) is 22.1 Å². The standard InChI is InChI=1S/C26H37N7O4/c27-21-2-1-11-30(13-8-21)12-7-20-3-5-22(6-4-20)33-14-9-23(29-26(33)37)28-25(36)32-17-15-31(16-18-32)24(35)10-19-34/h3-6,9,14,21,34H,1-2,7-8,10-13,15-19,27H2,(H,28,29,36,37). The van der Waals surface area contributed by atoms with Crippen LogP contribution in [0.3, 0.4) is 0 Å². The Labute approximate surface area is 216 Å². The van der Waals surface area contributed by atoms with Crippen LogP contribution in [-0.2, 0) is 11.2 Å². The molecule has 0 spiro atoms.